The maximum atomic E-state index is 14.1. The first-order chi connectivity index (χ1) is 29.4. The zero-order valence-electron chi connectivity index (χ0n) is 41.4. The smallest absolute Gasteiger partial charge is 0.437 e. The molecule has 0 spiro atoms. The number of nitrogens with zero attached hydrogens (tertiary/aromatic N) is 6. The van der Waals surface area contributed by atoms with Gasteiger partial charge in [0.2, 0.25) is 5.96 Å². The quantitative estimate of drug-likeness (QED) is 0.0854. The molecule has 5 amide bonds. The van der Waals surface area contributed by atoms with Gasteiger partial charge in [0.1, 0.15) is 33.8 Å². The number of ether oxygens (including phenoxy) is 5. The number of amides is 5. The van der Waals surface area contributed by atoms with Gasteiger partial charge in [-0.15, -0.1) is 4.99 Å². The van der Waals surface area contributed by atoms with Crippen molar-refractivity contribution in [1.82, 2.24) is 20.1 Å². The normalized spacial score (nSPS) is 14.2. The van der Waals surface area contributed by atoms with Crippen LogP contribution >= 0.6 is 0 Å². The summed E-state index contributed by atoms with van der Waals surface area (Å²) in [4.78, 5) is 86.5. The van der Waals surface area contributed by atoms with Gasteiger partial charge in [-0.1, -0.05) is 32.1 Å². The molecule has 17 heteroatoms. The van der Waals surface area contributed by atoms with E-state index in [1.54, 1.807) is 116 Å². The van der Waals surface area contributed by atoms with Crippen LogP contribution < -0.4 is 5.32 Å². The Kier molecular flexibility index (Phi) is 20.9. The van der Waals surface area contributed by atoms with Gasteiger partial charge in [0.05, 0.1) is 12.2 Å². The Morgan fingerprint density at radius 2 is 1.11 bits per heavy atom. The Balaban J connectivity index is 2.32. The van der Waals surface area contributed by atoms with Crippen molar-refractivity contribution in [2.75, 3.05) is 13.1 Å². The fraction of sp³-hybridized carbons (Fsp3) is 0.723. The van der Waals surface area contributed by atoms with Crippen molar-refractivity contribution in [2.45, 2.75) is 209 Å². The van der Waals surface area contributed by atoms with Gasteiger partial charge >= 0.3 is 30.5 Å². The third-order valence-electron chi connectivity index (χ3n) is 8.46. The summed E-state index contributed by atoms with van der Waals surface area (Å²) in [5, 5.41) is 2.59. The molecule has 0 atom stereocenters. The van der Waals surface area contributed by atoms with E-state index in [-0.39, 0.29) is 24.9 Å². The fourth-order valence-electron chi connectivity index (χ4n) is 5.95. The molecule has 0 fully saturated rings. The standard InChI is InChI=1S/C47H77N7O10/c1-43(2,3)60-38(55)50-36(51-39(56)61-44(4,5)6)26-21-19-17-16-18-20-24-30-53(41(58)63-46(10,11)12)37(52-40(57)62-45(7,8)9)54(42(59)64-47(13,14)15)32-34-28-27-33(31-49-34)35-25-22-23-29-48-35/h27-28,31H,16-26,29-30,32H2,1-15H3,(H,50,51,55,56). The highest BCUT2D eigenvalue weighted by atomic mass is 16.6. The van der Waals surface area contributed by atoms with E-state index in [0.29, 0.717) is 31.4 Å². The molecule has 1 aromatic heterocycles. The predicted molar refractivity (Wildman–Crippen MR) is 248 cm³/mol. The van der Waals surface area contributed by atoms with Crippen molar-refractivity contribution in [3.8, 4) is 0 Å². The van der Waals surface area contributed by atoms with Gasteiger partial charge in [-0.2, -0.15) is 4.99 Å². The minimum atomic E-state index is -1.01. The second-order valence-corrected chi connectivity index (χ2v) is 20.8. The molecule has 1 aliphatic heterocycles. The highest BCUT2D eigenvalue weighted by Crippen LogP contribution is 2.21. The van der Waals surface area contributed by atoms with Crippen molar-refractivity contribution in [1.29, 1.82) is 0 Å². The molecule has 360 valence electrons. The van der Waals surface area contributed by atoms with Crippen molar-refractivity contribution >= 4 is 48.0 Å². The zero-order chi connectivity index (χ0) is 48.5. The van der Waals surface area contributed by atoms with Crippen LogP contribution in [-0.2, 0) is 30.2 Å². The lowest BCUT2D eigenvalue weighted by Crippen LogP contribution is -2.52. The van der Waals surface area contributed by atoms with Crippen LogP contribution in [0.2, 0.25) is 0 Å². The molecule has 0 saturated heterocycles. The number of aromatic nitrogens is 1. The molecule has 0 aliphatic carbocycles. The van der Waals surface area contributed by atoms with Gasteiger partial charge in [0.25, 0.3) is 0 Å². The molecule has 0 radical (unpaired) electrons. The topological polar surface area (TPSA) is 200 Å². The molecule has 1 N–H and O–H groups in total. The van der Waals surface area contributed by atoms with Gasteiger partial charge < -0.3 is 23.7 Å². The fourth-order valence-corrected chi connectivity index (χ4v) is 5.95. The number of amidine groups is 1. The van der Waals surface area contributed by atoms with Crippen molar-refractivity contribution in [2.24, 2.45) is 15.0 Å². The molecule has 2 heterocycles. The Bertz CT molecular complexity index is 1810. The predicted octanol–water partition coefficient (Wildman–Crippen LogP) is 11.3. The third kappa shape index (κ3) is 24.1. The molecule has 1 aromatic rings. The summed E-state index contributed by atoms with van der Waals surface area (Å²) in [6.07, 6.45) is 5.86. The first kappa shape index (κ1) is 55.0. The Morgan fingerprint density at radius 3 is 1.59 bits per heavy atom. The number of alkyl carbamates (subject to hydrolysis) is 1. The molecule has 0 unspecified atom stereocenters. The average Bonchev–Trinajstić information content (AvgIpc) is 3.10. The summed E-state index contributed by atoms with van der Waals surface area (Å²) >= 11 is 0. The number of nitrogens with one attached hydrogen (secondary N) is 1. The van der Waals surface area contributed by atoms with Crippen molar-refractivity contribution in [3.63, 3.8) is 0 Å². The molecular formula is C47H77N7O10. The summed E-state index contributed by atoms with van der Waals surface area (Å²) in [6.45, 7) is 26.4. The number of carbonyl (C=O) groups is 5. The van der Waals surface area contributed by atoms with Crippen LogP contribution in [0.5, 0.6) is 0 Å². The molecule has 64 heavy (non-hydrogen) atoms. The molecule has 1 aliphatic rings. The number of guanidine groups is 1. The highest BCUT2D eigenvalue weighted by molar-refractivity contribution is 6.05. The van der Waals surface area contributed by atoms with Crippen LogP contribution in [0.1, 0.15) is 186 Å². The number of carbonyl (C=O) groups excluding carboxylic acids is 5. The number of hydrogen-bond donors (Lipinski definition) is 1. The van der Waals surface area contributed by atoms with Gasteiger partial charge in [-0.05, 0) is 148 Å². The minimum absolute atomic E-state index is 0.0445. The molecule has 0 aromatic carbocycles. The van der Waals surface area contributed by atoms with E-state index in [0.717, 1.165) is 67.7 Å². The average molecular weight is 900 g/mol. The van der Waals surface area contributed by atoms with Crippen molar-refractivity contribution < 1.29 is 47.7 Å². The third-order valence-corrected chi connectivity index (χ3v) is 8.46. The van der Waals surface area contributed by atoms with E-state index >= 15 is 0 Å². The number of aliphatic imine (C=N–C) groups is 3. The van der Waals surface area contributed by atoms with E-state index in [1.807, 2.05) is 6.07 Å². The van der Waals surface area contributed by atoms with E-state index in [1.165, 1.54) is 4.90 Å². The van der Waals surface area contributed by atoms with Gasteiger partial charge in [0, 0.05) is 37.0 Å². The van der Waals surface area contributed by atoms with Crippen molar-refractivity contribution in [3.05, 3.63) is 29.6 Å². The van der Waals surface area contributed by atoms with Crippen LogP contribution in [0.4, 0.5) is 24.0 Å². The van der Waals surface area contributed by atoms with Crippen LogP contribution in [0.15, 0.2) is 33.3 Å². The summed E-state index contributed by atoms with van der Waals surface area (Å²) in [7, 11) is 0. The van der Waals surface area contributed by atoms with E-state index < -0.39 is 58.5 Å². The molecular weight excluding hydrogens is 823 g/mol. The van der Waals surface area contributed by atoms with Crippen LogP contribution in [0.25, 0.3) is 0 Å². The maximum Gasteiger partial charge on any atom is 0.437 e. The lowest BCUT2D eigenvalue weighted by atomic mass is 10.0. The van der Waals surface area contributed by atoms with E-state index in [4.69, 9.17) is 23.7 Å². The lowest BCUT2D eigenvalue weighted by Gasteiger charge is -2.34. The number of pyridine rings is 1. The Hall–Kier alpha value is -5.09. The Morgan fingerprint density at radius 1 is 0.609 bits per heavy atom. The molecule has 2 rings (SSSR count). The largest absolute Gasteiger partial charge is 0.444 e. The summed E-state index contributed by atoms with van der Waals surface area (Å²) in [5.41, 5.74) is -1.97. The van der Waals surface area contributed by atoms with Crippen LogP contribution in [-0.4, -0.2) is 104 Å². The molecule has 17 nitrogen and oxygen atoms in total. The lowest BCUT2D eigenvalue weighted by molar-refractivity contribution is 0.0262. The second kappa shape index (κ2) is 24.3. The highest BCUT2D eigenvalue weighted by Gasteiger charge is 2.36. The van der Waals surface area contributed by atoms with Gasteiger partial charge in [-0.3, -0.25) is 15.3 Å². The van der Waals surface area contributed by atoms with E-state index in [2.05, 4.69) is 25.3 Å². The summed E-state index contributed by atoms with van der Waals surface area (Å²) in [6, 6.07) is 3.67. The monoisotopic (exact) mass is 900 g/mol. The second-order valence-electron chi connectivity index (χ2n) is 20.8. The Labute approximate surface area is 381 Å². The van der Waals surface area contributed by atoms with Crippen LogP contribution in [0.3, 0.4) is 0 Å². The summed E-state index contributed by atoms with van der Waals surface area (Å²) in [5.74, 6) is -0.152. The number of hydrogen-bond acceptors (Lipinski definition) is 12. The number of unbranched alkanes of at least 4 members (excludes halogenated alkanes) is 6. The molecule has 0 saturated carbocycles. The van der Waals surface area contributed by atoms with Gasteiger partial charge in [0.15, 0.2) is 0 Å². The zero-order valence-corrected chi connectivity index (χ0v) is 41.4. The maximum absolute atomic E-state index is 14.1. The van der Waals surface area contributed by atoms with E-state index in [9.17, 15) is 24.0 Å². The first-order valence-corrected chi connectivity index (χ1v) is 22.5. The van der Waals surface area contributed by atoms with Crippen LogP contribution in [0, 0.1) is 0 Å². The summed E-state index contributed by atoms with van der Waals surface area (Å²) < 4.78 is 27.9. The molecule has 0 bridgehead atoms. The minimum Gasteiger partial charge on any atom is -0.444 e. The number of rotatable bonds is 13. The van der Waals surface area contributed by atoms with Gasteiger partial charge in [-0.25, -0.2) is 33.8 Å². The first-order valence-electron chi connectivity index (χ1n) is 22.5. The SMILES string of the molecule is CC(C)(C)OC(=O)N=C(CCCCCCCCCN(C(=O)OC(C)(C)C)C(=NC(=O)OC(C)(C)C)N(Cc1ccc(C2=NCCCC2)cn1)C(=O)OC(C)(C)C)NC(=O)OC(C)(C)C.